The smallest absolute Gasteiger partial charge is 0.330 e. The molecule has 0 fully saturated rings. The summed E-state index contributed by atoms with van der Waals surface area (Å²) in [5, 5.41) is 0. The molecule has 2 unspecified atom stereocenters. The van der Waals surface area contributed by atoms with E-state index in [-0.39, 0.29) is 51.2 Å². The number of hydrogen-bond donors (Lipinski definition) is 0. The van der Waals surface area contributed by atoms with Gasteiger partial charge < -0.3 is 28.4 Å². The van der Waals surface area contributed by atoms with Crippen molar-refractivity contribution in [1.29, 1.82) is 0 Å². The van der Waals surface area contributed by atoms with Crippen molar-refractivity contribution in [3.8, 4) is 0 Å². The Labute approximate surface area is 367 Å². The third-order valence-corrected chi connectivity index (χ3v) is 11.6. The molecule has 0 aromatic heterocycles. The molecular formula is C50H90O10. The molecule has 0 aromatic rings. The van der Waals surface area contributed by atoms with Gasteiger partial charge in [0.25, 0.3) is 0 Å². The van der Waals surface area contributed by atoms with Crippen molar-refractivity contribution in [3.05, 3.63) is 25.3 Å². The van der Waals surface area contributed by atoms with Crippen LogP contribution in [0.5, 0.6) is 0 Å². The molecule has 0 aromatic carbocycles. The van der Waals surface area contributed by atoms with E-state index in [1.807, 2.05) is 13.8 Å². The lowest BCUT2D eigenvalue weighted by Gasteiger charge is -2.31. The third-order valence-electron chi connectivity index (χ3n) is 11.6. The van der Waals surface area contributed by atoms with Crippen LogP contribution in [0, 0.1) is 10.8 Å². The number of ether oxygens (including phenoxy) is 6. The first kappa shape index (κ1) is 57.3. The first-order chi connectivity index (χ1) is 29.1. The van der Waals surface area contributed by atoms with Crippen LogP contribution in [0.4, 0.5) is 0 Å². The van der Waals surface area contributed by atoms with Gasteiger partial charge in [-0.15, -0.1) is 0 Å². The molecule has 0 saturated heterocycles. The van der Waals surface area contributed by atoms with Crippen LogP contribution in [0.3, 0.4) is 0 Å². The Kier molecular flexibility index (Phi) is 38.5. The molecule has 350 valence electrons. The van der Waals surface area contributed by atoms with Gasteiger partial charge in [0.2, 0.25) is 0 Å². The van der Waals surface area contributed by atoms with Crippen molar-refractivity contribution in [2.45, 2.75) is 207 Å². The zero-order chi connectivity index (χ0) is 44.4. The predicted molar refractivity (Wildman–Crippen MR) is 243 cm³/mol. The zero-order valence-corrected chi connectivity index (χ0v) is 39.1. The highest BCUT2D eigenvalue weighted by molar-refractivity contribution is 5.81. The van der Waals surface area contributed by atoms with E-state index in [9.17, 15) is 19.2 Å². The van der Waals surface area contributed by atoms with Gasteiger partial charge >= 0.3 is 23.9 Å². The van der Waals surface area contributed by atoms with Gasteiger partial charge in [0, 0.05) is 38.2 Å². The van der Waals surface area contributed by atoms with Crippen molar-refractivity contribution in [1.82, 2.24) is 0 Å². The molecule has 0 aliphatic rings. The van der Waals surface area contributed by atoms with Crippen molar-refractivity contribution >= 4 is 23.9 Å². The van der Waals surface area contributed by atoms with Gasteiger partial charge in [0.15, 0.2) is 0 Å². The molecule has 0 spiro atoms. The van der Waals surface area contributed by atoms with E-state index in [0.717, 1.165) is 50.7 Å². The third kappa shape index (κ3) is 33.0. The Morgan fingerprint density at radius 3 is 0.967 bits per heavy atom. The lowest BCUT2D eigenvalue weighted by Crippen LogP contribution is -2.38. The standard InChI is InChI=1S/C50H90O10/c1-7-13-15-17-19-21-23-25-29-33-37-55-39-49(11-5,41-57-45(51)9-3)43-59-47(53)35-31-27-28-32-36-48(54)60-44-50(12-6,42-58-46(52)10-4)40-56-38-34-30-26-24-22-20-18-16-14-8-2/h9-10H,3-4,7-8,11-44H2,1-2,5-6H3. The van der Waals surface area contributed by atoms with Gasteiger partial charge in [0.05, 0.1) is 24.0 Å². The molecule has 0 aliphatic heterocycles. The molecule has 0 amide bonds. The number of unbranched alkanes of at least 4 members (excludes halogenated alkanes) is 21. The number of esters is 4. The van der Waals surface area contributed by atoms with Gasteiger partial charge in [-0.05, 0) is 38.5 Å². The maximum atomic E-state index is 12.7. The zero-order valence-electron chi connectivity index (χ0n) is 39.1. The molecule has 2 atom stereocenters. The summed E-state index contributed by atoms with van der Waals surface area (Å²) in [7, 11) is 0. The summed E-state index contributed by atoms with van der Waals surface area (Å²) in [6.45, 7) is 17.7. The maximum Gasteiger partial charge on any atom is 0.330 e. The van der Waals surface area contributed by atoms with Crippen molar-refractivity contribution in [3.63, 3.8) is 0 Å². The molecule has 0 saturated carbocycles. The Balaban J connectivity index is 4.56. The minimum absolute atomic E-state index is 0.0849. The Morgan fingerprint density at radius 2 is 0.667 bits per heavy atom. The first-order valence-electron chi connectivity index (χ1n) is 24.2. The van der Waals surface area contributed by atoms with Gasteiger partial charge in [-0.1, -0.05) is 169 Å². The minimum atomic E-state index is -0.630. The van der Waals surface area contributed by atoms with Crippen molar-refractivity contribution in [2.75, 3.05) is 52.9 Å². The number of carbonyl (C=O) groups excluding carboxylic acids is 4. The molecule has 0 radical (unpaired) electrons. The average molecular weight is 851 g/mol. The van der Waals surface area contributed by atoms with E-state index in [1.54, 1.807) is 0 Å². The van der Waals surface area contributed by atoms with Crippen LogP contribution >= 0.6 is 0 Å². The van der Waals surface area contributed by atoms with Crippen LogP contribution in [0.1, 0.15) is 207 Å². The number of rotatable bonds is 45. The fourth-order valence-electron chi connectivity index (χ4n) is 6.89. The second-order valence-corrected chi connectivity index (χ2v) is 17.0. The molecule has 0 rings (SSSR count). The summed E-state index contributed by atoms with van der Waals surface area (Å²) in [5.74, 6) is -1.64. The van der Waals surface area contributed by atoms with Crippen LogP contribution < -0.4 is 0 Å². The highest BCUT2D eigenvalue weighted by atomic mass is 16.6. The SMILES string of the molecule is C=CC(=O)OCC(CC)(COCCCCCCCCCCCC)COC(=O)CCCCCCC(=O)OCC(CC)(COCCCCCCCCCCCC)COC(=O)C=C. The lowest BCUT2D eigenvalue weighted by molar-refractivity contribution is -0.157. The van der Waals surface area contributed by atoms with E-state index >= 15 is 0 Å². The summed E-state index contributed by atoms with van der Waals surface area (Å²) in [5.41, 5.74) is -1.26. The monoisotopic (exact) mass is 851 g/mol. The molecule has 0 heterocycles. The second kappa shape index (κ2) is 40.4. The van der Waals surface area contributed by atoms with Crippen LogP contribution in [0.25, 0.3) is 0 Å². The minimum Gasteiger partial charge on any atom is -0.465 e. The molecule has 60 heavy (non-hydrogen) atoms. The van der Waals surface area contributed by atoms with Crippen LogP contribution in [0.2, 0.25) is 0 Å². The number of carbonyl (C=O) groups is 4. The Bertz CT molecular complexity index is 1010. The summed E-state index contributed by atoms with van der Waals surface area (Å²) < 4.78 is 34.3. The molecule has 10 heteroatoms. The lowest BCUT2D eigenvalue weighted by atomic mass is 9.88. The fourth-order valence-corrected chi connectivity index (χ4v) is 6.89. The Morgan fingerprint density at radius 1 is 0.383 bits per heavy atom. The van der Waals surface area contributed by atoms with Gasteiger partial charge in [-0.2, -0.15) is 0 Å². The summed E-state index contributed by atoms with van der Waals surface area (Å²) in [4.78, 5) is 49.2. The van der Waals surface area contributed by atoms with E-state index in [0.29, 0.717) is 52.1 Å². The molecule has 0 bridgehead atoms. The van der Waals surface area contributed by atoms with Gasteiger partial charge in [-0.25, -0.2) is 9.59 Å². The van der Waals surface area contributed by atoms with Crippen LogP contribution in [-0.2, 0) is 47.6 Å². The Hall–Kier alpha value is -2.72. The highest BCUT2D eigenvalue weighted by Crippen LogP contribution is 2.27. The maximum absolute atomic E-state index is 12.7. The molecule has 10 nitrogen and oxygen atoms in total. The van der Waals surface area contributed by atoms with Crippen LogP contribution in [-0.4, -0.2) is 76.7 Å². The first-order valence-corrected chi connectivity index (χ1v) is 24.2. The molecule has 0 N–H and O–H groups in total. The molecular weight excluding hydrogens is 761 g/mol. The normalized spacial score (nSPS) is 13.2. The number of hydrogen-bond acceptors (Lipinski definition) is 10. The van der Waals surface area contributed by atoms with E-state index in [2.05, 4.69) is 27.0 Å². The average Bonchev–Trinajstić information content (AvgIpc) is 3.26. The second-order valence-electron chi connectivity index (χ2n) is 17.0. The van der Waals surface area contributed by atoms with Crippen LogP contribution in [0.15, 0.2) is 25.3 Å². The highest BCUT2D eigenvalue weighted by Gasteiger charge is 2.34. The summed E-state index contributed by atoms with van der Waals surface area (Å²) >= 11 is 0. The quantitative estimate of drug-likeness (QED) is 0.0253. The summed E-state index contributed by atoms with van der Waals surface area (Å²) in [6, 6.07) is 0. The molecule has 0 aliphatic carbocycles. The van der Waals surface area contributed by atoms with E-state index < -0.39 is 22.8 Å². The van der Waals surface area contributed by atoms with Crippen molar-refractivity contribution in [2.24, 2.45) is 10.8 Å². The fraction of sp³-hybridized carbons (Fsp3) is 0.840. The van der Waals surface area contributed by atoms with Gasteiger partial charge in [-0.3, -0.25) is 9.59 Å². The van der Waals surface area contributed by atoms with E-state index in [1.165, 1.54) is 103 Å². The topological polar surface area (TPSA) is 124 Å². The van der Waals surface area contributed by atoms with E-state index in [4.69, 9.17) is 28.4 Å². The largest absolute Gasteiger partial charge is 0.465 e. The van der Waals surface area contributed by atoms with Crippen molar-refractivity contribution < 1.29 is 47.6 Å². The predicted octanol–water partition coefficient (Wildman–Crippen LogP) is 12.5. The van der Waals surface area contributed by atoms with Gasteiger partial charge in [0.1, 0.15) is 26.4 Å². The summed E-state index contributed by atoms with van der Waals surface area (Å²) in [6.07, 6.45) is 31.8.